The minimum atomic E-state index is -2.84. The minimum Gasteiger partial charge on any atom is -0.490 e. The molecule has 1 aliphatic heterocycles. The normalized spacial score (nSPS) is 20.4. The highest BCUT2D eigenvalue weighted by Gasteiger charge is 2.38. The molecule has 10 heteroatoms. The smallest absolute Gasteiger partial charge is 0.265 e. The van der Waals surface area contributed by atoms with Gasteiger partial charge in [0.15, 0.2) is 0 Å². The first kappa shape index (κ1) is 27.2. The number of halogens is 4. The number of carbonyl (C=O) groups excluding carboxylic acids is 1. The van der Waals surface area contributed by atoms with E-state index in [9.17, 15) is 13.4 Å². The van der Waals surface area contributed by atoms with E-state index in [0.717, 1.165) is 24.5 Å². The standard InChI is InChI=1S/C26H30Cl2F2N2O3S/c1-16(18-6-7-21(27)22(28)12-18)32-10-8-26(30,9-11-32)15-35-24-14-23(29)20(13-19(24)17-4-5-17)25(33)31-36(2,3)34/h6-7,12-14,16-17H,2,4-5,8-11,15H2,1,3H3,(H,31,33,34)/t16-,36?/m1/s1. The summed E-state index contributed by atoms with van der Waals surface area (Å²) in [5.41, 5.74) is -0.0917. The number of ether oxygens (including phenoxy) is 1. The van der Waals surface area contributed by atoms with Gasteiger partial charge in [-0.2, -0.15) is 0 Å². The number of nitrogens with one attached hydrogen (secondary N) is 1. The van der Waals surface area contributed by atoms with Crippen molar-refractivity contribution < 1.29 is 22.5 Å². The number of benzene rings is 2. The highest BCUT2D eigenvalue weighted by atomic mass is 35.5. The van der Waals surface area contributed by atoms with Crippen LogP contribution in [0.5, 0.6) is 5.75 Å². The third-order valence-corrected chi connectivity index (χ3v) is 8.18. The molecule has 196 valence electrons. The molecule has 5 nitrogen and oxygen atoms in total. The maximum atomic E-state index is 15.7. The summed E-state index contributed by atoms with van der Waals surface area (Å²) in [6, 6.07) is 8.13. The molecule has 4 rings (SSSR count). The molecule has 1 heterocycles. The third kappa shape index (κ3) is 6.52. The minimum absolute atomic E-state index is 0.0515. The van der Waals surface area contributed by atoms with E-state index in [0.29, 0.717) is 28.7 Å². The Labute approximate surface area is 221 Å². The molecule has 2 aliphatic rings. The molecule has 1 amide bonds. The Morgan fingerprint density at radius 1 is 1.25 bits per heavy atom. The summed E-state index contributed by atoms with van der Waals surface area (Å²) in [5, 5.41) is 0.984. The Hall–Kier alpha value is -1.87. The van der Waals surface area contributed by atoms with Crippen molar-refractivity contribution in [3.05, 3.63) is 62.9 Å². The summed E-state index contributed by atoms with van der Waals surface area (Å²) >= 11 is 12.2. The quantitative estimate of drug-likeness (QED) is 0.407. The molecule has 2 atom stereocenters. The number of nitrogens with zero attached hydrogens (tertiary/aromatic N) is 1. The van der Waals surface area contributed by atoms with Gasteiger partial charge in [0.25, 0.3) is 5.91 Å². The van der Waals surface area contributed by atoms with Gasteiger partial charge < -0.3 is 4.74 Å². The Bertz CT molecular complexity index is 1260. The molecule has 2 fully saturated rings. The van der Waals surface area contributed by atoms with Gasteiger partial charge in [0.1, 0.15) is 23.8 Å². The van der Waals surface area contributed by atoms with E-state index in [1.165, 1.54) is 12.3 Å². The van der Waals surface area contributed by atoms with Crippen molar-refractivity contribution in [3.8, 4) is 5.75 Å². The predicted molar refractivity (Wildman–Crippen MR) is 142 cm³/mol. The zero-order valence-corrected chi connectivity index (χ0v) is 22.6. The Balaban J connectivity index is 1.41. The molecular formula is C26H30Cl2F2N2O3S. The lowest BCUT2D eigenvalue weighted by atomic mass is 9.92. The maximum absolute atomic E-state index is 15.7. The molecule has 2 aromatic rings. The lowest BCUT2D eigenvalue weighted by Gasteiger charge is -2.39. The second-order valence-corrected chi connectivity index (χ2v) is 12.9. The van der Waals surface area contributed by atoms with E-state index in [-0.39, 0.29) is 42.7 Å². The van der Waals surface area contributed by atoms with E-state index >= 15 is 4.39 Å². The van der Waals surface area contributed by atoms with Crippen LogP contribution in [-0.2, 0) is 9.71 Å². The van der Waals surface area contributed by atoms with Crippen LogP contribution in [0.3, 0.4) is 0 Å². The first-order valence-electron chi connectivity index (χ1n) is 11.8. The van der Waals surface area contributed by atoms with Crippen LogP contribution >= 0.6 is 23.2 Å². The first-order valence-corrected chi connectivity index (χ1v) is 14.7. The Kier molecular flexibility index (Phi) is 7.91. The van der Waals surface area contributed by atoms with Crippen LogP contribution < -0.4 is 9.46 Å². The van der Waals surface area contributed by atoms with Gasteiger partial charge in [-0.25, -0.2) is 13.0 Å². The molecule has 36 heavy (non-hydrogen) atoms. The van der Waals surface area contributed by atoms with Gasteiger partial charge in [0, 0.05) is 41.2 Å². The monoisotopic (exact) mass is 558 g/mol. The first-order chi connectivity index (χ1) is 16.8. The van der Waals surface area contributed by atoms with E-state index in [1.807, 2.05) is 12.1 Å². The second-order valence-electron chi connectivity index (χ2n) is 9.91. The summed E-state index contributed by atoms with van der Waals surface area (Å²) in [7, 11) is -2.84. The van der Waals surface area contributed by atoms with Gasteiger partial charge in [0.2, 0.25) is 0 Å². The topological polar surface area (TPSA) is 58.6 Å². The lowest BCUT2D eigenvalue weighted by molar-refractivity contribution is 0.00614. The fourth-order valence-corrected chi connectivity index (χ4v) is 5.29. The van der Waals surface area contributed by atoms with Crippen LogP contribution in [0.25, 0.3) is 0 Å². The number of amides is 1. The molecule has 0 aromatic heterocycles. The summed E-state index contributed by atoms with van der Waals surface area (Å²) in [6.45, 7) is 2.92. The molecule has 1 N–H and O–H groups in total. The molecule has 1 aliphatic carbocycles. The lowest BCUT2D eigenvalue weighted by Crippen LogP contribution is -2.45. The highest BCUT2D eigenvalue weighted by Crippen LogP contribution is 2.45. The number of rotatable bonds is 8. The number of hydrogen-bond acceptors (Lipinski definition) is 4. The van der Waals surface area contributed by atoms with Crippen LogP contribution in [0.1, 0.15) is 66.1 Å². The summed E-state index contributed by atoms with van der Waals surface area (Å²) < 4.78 is 50.3. The molecule has 0 spiro atoms. The van der Waals surface area contributed by atoms with Crippen molar-refractivity contribution in [2.45, 2.75) is 50.2 Å². The van der Waals surface area contributed by atoms with Crippen molar-refractivity contribution in [3.63, 3.8) is 0 Å². The predicted octanol–water partition coefficient (Wildman–Crippen LogP) is 5.95. The second kappa shape index (κ2) is 10.5. The summed E-state index contributed by atoms with van der Waals surface area (Å²) in [5.74, 6) is 2.15. The van der Waals surface area contributed by atoms with Gasteiger partial charge in [-0.15, -0.1) is 0 Å². The van der Waals surface area contributed by atoms with Gasteiger partial charge in [-0.1, -0.05) is 29.3 Å². The van der Waals surface area contributed by atoms with Gasteiger partial charge in [0.05, 0.1) is 15.6 Å². The van der Waals surface area contributed by atoms with Crippen molar-refractivity contribution in [2.24, 2.45) is 0 Å². The summed E-state index contributed by atoms with van der Waals surface area (Å²) in [6.07, 6.45) is 3.57. The van der Waals surface area contributed by atoms with Crippen molar-refractivity contribution in [1.29, 1.82) is 0 Å². The molecule has 1 saturated heterocycles. The summed E-state index contributed by atoms with van der Waals surface area (Å²) in [4.78, 5) is 14.6. The largest absolute Gasteiger partial charge is 0.490 e. The van der Waals surface area contributed by atoms with Crippen molar-refractivity contribution in [2.75, 3.05) is 26.0 Å². The van der Waals surface area contributed by atoms with Gasteiger partial charge >= 0.3 is 0 Å². The van der Waals surface area contributed by atoms with Crippen LogP contribution in [0.4, 0.5) is 8.78 Å². The zero-order chi connectivity index (χ0) is 26.3. The molecule has 0 bridgehead atoms. The van der Waals surface area contributed by atoms with Crippen molar-refractivity contribution >= 4 is 44.7 Å². The van der Waals surface area contributed by atoms with Gasteiger partial charge in [-0.05, 0) is 73.7 Å². The number of likely N-dealkylation sites (tertiary alicyclic amines) is 1. The fraction of sp³-hybridized carbons (Fsp3) is 0.462. The van der Waals surface area contributed by atoms with Crippen LogP contribution in [0.15, 0.2) is 30.3 Å². The SMILES string of the molecule is C=S(C)(=O)NC(=O)c1cc(C2CC2)c(OCC2(F)CCN([C@H](C)c3ccc(Cl)c(Cl)c3)CC2)cc1F. The average molecular weight is 560 g/mol. The Morgan fingerprint density at radius 3 is 2.50 bits per heavy atom. The van der Waals surface area contributed by atoms with Crippen LogP contribution in [0.2, 0.25) is 10.0 Å². The molecular weight excluding hydrogens is 529 g/mol. The average Bonchev–Trinajstić information content (AvgIpc) is 3.64. The van der Waals surface area contributed by atoms with Crippen LogP contribution in [0, 0.1) is 5.82 Å². The van der Waals surface area contributed by atoms with Crippen LogP contribution in [-0.4, -0.2) is 52.5 Å². The van der Waals surface area contributed by atoms with E-state index < -0.39 is 27.1 Å². The van der Waals surface area contributed by atoms with Crippen molar-refractivity contribution in [1.82, 2.24) is 9.62 Å². The molecule has 2 aromatic carbocycles. The van der Waals surface area contributed by atoms with E-state index in [2.05, 4.69) is 22.4 Å². The molecule has 0 radical (unpaired) electrons. The Morgan fingerprint density at radius 2 is 1.92 bits per heavy atom. The number of alkyl halides is 1. The number of hydrogen-bond donors (Lipinski definition) is 1. The molecule has 1 unspecified atom stereocenters. The van der Waals surface area contributed by atoms with Gasteiger partial charge in [-0.3, -0.25) is 14.4 Å². The molecule has 1 saturated carbocycles. The number of carbonyl (C=O) groups is 1. The zero-order valence-electron chi connectivity index (χ0n) is 20.3. The van der Waals surface area contributed by atoms with E-state index in [4.69, 9.17) is 27.9 Å². The third-order valence-electron chi connectivity index (χ3n) is 6.82. The highest BCUT2D eigenvalue weighted by molar-refractivity contribution is 7.98. The van der Waals surface area contributed by atoms with E-state index in [1.54, 1.807) is 6.07 Å². The number of piperidine rings is 1. The maximum Gasteiger partial charge on any atom is 0.265 e. The fourth-order valence-electron chi connectivity index (χ4n) is 4.48.